The van der Waals surface area contributed by atoms with Gasteiger partial charge < -0.3 is 15.4 Å². The fourth-order valence-electron chi connectivity index (χ4n) is 4.42. The lowest BCUT2D eigenvalue weighted by atomic mass is 10.0. The zero-order valence-electron chi connectivity index (χ0n) is 18.1. The highest BCUT2D eigenvalue weighted by molar-refractivity contribution is 5.98. The SMILES string of the molecule is CN(C(=O)c1ccc2nc(N)c3cncn3c2c1)[C@H]1COc2cc(-c3cnn(C)c3)ccc21. The molecule has 0 spiro atoms. The lowest BCUT2D eigenvalue weighted by molar-refractivity contribution is 0.0708. The Morgan fingerprint density at radius 2 is 2.03 bits per heavy atom. The molecule has 0 bridgehead atoms. The molecule has 1 atom stereocenters. The number of carbonyl (C=O) groups is 1. The van der Waals surface area contributed by atoms with Gasteiger partial charge in [-0.3, -0.25) is 13.9 Å². The number of likely N-dealkylation sites (N-methyl/N-ethyl adjacent to an activating group) is 1. The lowest BCUT2D eigenvalue weighted by Gasteiger charge is -2.24. The van der Waals surface area contributed by atoms with E-state index in [1.54, 1.807) is 35.2 Å². The number of hydrogen-bond donors (Lipinski definition) is 1. The van der Waals surface area contributed by atoms with Crippen LogP contribution in [0.4, 0.5) is 5.82 Å². The van der Waals surface area contributed by atoms with Crippen molar-refractivity contribution in [2.45, 2.75) is 6.04 Å². The Morgan fingerprint density at radius 1 is 1.15 bits per heavy atom. The summed E-state index contributed by atoms with van der Waals surface area (Å²) in [6.45, 7) is 0.408. The monoisotopic (exact) mass is 439 g/mol. The molecule has 5 aromatic rings. The zero-order chi connectivity index (χ0) is 22.7. The average Bonchev–Trinajstić information content (AvgIpc) is 3.57. The topological polar surface area (TPSA) is 104 Å². The van der Waals surface area contributed by atoms with Crippen LogP contribution in [0, 0.1) is 0 Å². The number of benzene rings is 2. The van der Waals surface area contributed by atoms with Crippen LogP contribution < -0.4 is 10.5 Å². The molecule has 9 heteroatoms. The van der Waals surface area contributed by atoms with Crippen LogP contribution in [-0.2, 0) is 7.05 Å². The van der Waals surface area contributed by atoms with E-state index >= 15 is 0 Å². The van der Waals surface area contributed by atoms with Crippen molar-refractivity contribution in [1.82, 2.24) is 29.0 Å². The smallest absolute Gasteiger partial charge is 0.254 e. The van der Waals surface area contributed by atoms with E-state index in [9.17, 15) is 4.79 Å². The molecule has 0 unspecified atom stereocenters. The van der Waals surface area contributed by atoms with Gasteiger partial charge in [-0.15, -0.1) is 0 Å². The summed E-state index contributed by atoms with van der Waals surface area (Å²) in [4.78, 5) is 23.7. The summed E-state index contributed by atoms with van der Waals surface area (Å²) >= 11 is 0. The van der Waals surface area contributed by atoms with Crippen molar-refractivity contribution in [3.63, 3.8) is 0 Å². The largest absolute Gasteiger partial charge is 0.491 e. The standard InChI is InChI=1S/C24H21N7O2/c1-29-11-16(9-27-29)14-3-5-17-21(12-33-22(17)8-14)30(2)24(32)15-4-6-18-19(7-15)31-13-26-10-20(31)23(25)28-18/h3-11,13,21H,12H2,1-2H3,(H2,25,28)/t21-/m0/s1. The number of anilines is 1. The number of fused-ring (bicyclic) bond motifs is 4. The number of rotatable bonds is 3. The van der Waals surface area contributed by atoms with E-state index in [1.165, 1.54) is 0 Å². The van der Waals surface area contributed by atoms with Gasteiger partial charge in [-0.25, -0.2) is 9.97 Å². The number of nitrogens with zero attached hydrogens (tertiary/aromatic N) is 6. The van der Waals surface area contributed by atoms with Crippen LogP contribution in [0.15, 0.2) is 61.3 Å². The number of nitrogens with two attached hydrogens (primary N) is 1. The molecule has 0 saturated heterocycles. The van der Waals surface area contributed by atoms with Gasteiger partial charge in [-0.05, 0) is 29.8 Å². The number of hydrogen-bond acceptors (Lipinski definition) is 6. The highest BCUT2D eigenvalue weighted by Gasteiger charge is 2.31. The summed E-state index contributed by atoms with van der Waals surface area (Å²) in [5.41, 5.74) is 11.8. The zero-order valence-corrected chi connectivity index (χ0v) is 18.1. The molecule has 6 rings (SSSR count). The Kier molecular flexibility index (Phi) is 4.13. The summed E-state index contributed by atoms with van der Waals surface area (Å²) in [6.07, 6.45) is 7.12. The van der Waals surface area contributed by atoms with E-state index in [0.717, 1.165) is 28.0 Å². The first-order valence-electron chi connectivity index (χ1n) is 10.5. The van der Waals surface area contributed by atoms with E-state index in [4.69, 9.17) is 10.5 Å². The van der Waals surface area contributed by atoms with Crippen LogP contribution >= 0.6 is 0 Å². The summed E-state index contributed by atoms with van der Waals surface area (Å²) in [6, 6.07) is 11.3. The number of nitrogen functional groups attached to an aromatic ring is 1. The molecule has 1 aliphatic heterocycles. The average molecular weight is 439 g/mol. The molecule has 2 aromatic carbocycles. The van der Waals surface area contributed by atoms with Crippen molar-refractivity contribution in [2.75, 3.05) is 19.4 Å². The first-order valence-corrected chi connectivity index (χ1v) is 10.5. The highest BCUT2D eigenvalue weighted by atomic mass is 16.5. The van der Waals surface area contributed by atoms with Gasteiger partial charge in [0.25, 0.3) is 5.91 Å². The molecule has 0 radical (unpaired) electrons. The Hall–Kier alpha value is -4.40. The van der Waals surface area contributed by atoms with Crippen molar-refractivity contribution in [3.8, 4) is 16.9 Å². The summed E-state index contributed by atoms with van der Waals surface area (Å²) in [5, 5.41) is 4.23. The maximum atomic E-state index is 13.4. The predicted octanol–water partition coefficient (Wildman–Crippen LogP) is 3.07. The van der Waals surface area contributed by atoms with Crippen LogP contribution in [0.5, 0.6) is 5.75 Å². The molecule has 1 aliphatic rings. The molecule has 9 nitrogen and oxygen atoms in total. The lowest BCUT2D eigenvalue weighted by Crippen LogP contribution is -2.32. The van der Waals surface area contributed by atoms with E-state index in [0.29, 0.717) is 29.0 Å². The molecule has 1 amide bonds. The van der Waals surface area contributed by atoms with Crippen LogP contribution in [-0.4, -0.2) is 48.6 Å². The van der Waals surface area contributed by atoms with Crippen molar-refractivity contribution in [3.05, 3.63) is 72.4 Å². The van der Waals surface area contributed by atoms with E-state index in [1.807, 2.05) is 54.2 Å². The Morgan fingerprint density at radius 3 is 2.85 bits per heavy atom. The molecule has 33 heavy (non-hydrogen) atoms. The molecule has 2 N–H and O–H groups in total. The fraction of sp³-hybridized carbons (Fsp3) is 0.167. The number of aromatic nitrogens is 5. The highest BCUT2D eigenvalue weighted by Crippen LogP contribution is 2.39. The minimum Gasteiger partial charge on any atom is -0.491 e. The Balaban J connectivity index is 1.32. The van der Waals surface area contributed by atoms with Gasteiger partial charge in [0.15, 0.2) is 0 Å². The molecular formula is C24H21N7O2. The molecule has 3 aromatic heterocycles. The predicted molar refractivity (Wildman–Crippen MR) is 124 cm³/mol. The minimum atomic E-state index is -0.177. The van der Waals surface area contributed by atoms with Crippen LogP contribution in [0.2, 0.25) is 0 Å². The maximum absolute atomic E-state index is 13.4. The number of imidazole rings is 1. The fourth-order valence-corrected chi connectivity index (χ4v) is 4.42. The molecular weight excluding hydrogens is 418 g/mol. The van der Waals surface area contributed by atoms with Crippen molar-refractivity contribution in [1.29, 1.82) is 0 Å². The van der Waals surface area contributed by atoms with Crippen LogP contribution in [0.1, 0.15) is 22.0 Å². The summed E-state index contributed by atoms with van der Waals surface area (Å²) < 4.78 is 9.58. The third kappa shape index (κ3) is 3.00. The third-order valence-corrected chi connectivity index (χ3v) is 6.22. The quantitative estimate of drug-likeness (QED) is 0.463. The summed E-state index contributed by atoms with van der Waals surface area (Å²) in [5.74, 6) is 1.10. The van der Waals surface area contributed by atoms with Gasteiger partial charge >= 0.3 is 0 Å². The Bertz CT molecular complexity index is 1550. The minimum absolute atomic E-state index is 0.0974. The molecule has 4 heterocycles. The van der Waals surface area contributed by atoms with Gasteiger partial charge in [0.05, 0.1) is 35.8 Å². The van der Waals surface area contributed by atoms with Crippen LogP contribution in [0.3, 0.4) is 0 Å². The van der Waals surface area contributed by atoms with Crippen molar-refractivity contribution < 1.29 is 9.53 Å². The normalized spacial score (nSPS) is 15.0. The van der Waals surface area contributed by atoms with Crippen molar-refractivity contribution in [2.24, 2.45) is 7.05 Å². The summed E-state index contributed by atoms with van der Waals surface area (Å²) in [7, 11) is 3.69. The molecule has 0 saturated carbocycles. The molecule has 0 fully saturated rings. The number of amides is 1. The van der Waals surface area contributed by atoms with Crippen LogP contribution in [0.25, 0.3) is 27.7 Å². The number of carbonyl (C=O) groups excluding carboxylic acids is 1. The van der Waals surface area contributed by atoms with Gasteiger partial charge in [0, 0.05) is 37.0 Å². The van der Waals surface area contributed by atoms with Gasteiger partial charge in [-0.1, -0.05) is 12.1 Å². The van der Waals surface area contributed by atoms with E-state index < -0.39 is 0 Å². The van der Waals surface area contributed by atoms with Gasteiger partial charge in [0.2, 0.25) is 0 Å². The first-order chi connectivity index (χ1) is 16.0. The number of aryl methyl sites for hydroxylation is 1. The van der Waals surface area contributed by atoms with Crippen molar-refractivity contribution >= 4 is 28.3 Å². The first kappa shape index (κ1) is 19.3. The van der Waals surface area contributed by atoms with Gasteiger partial charge in [-0.2, -0.15) is 5.10 Å². The Labute approximate surface area is 189 Å². The van der Waals surface area contributed by atoms with E-state index in [-0.39, 0.29) is 11.9 Å². The second-order valence-electron chi connectivity index (χ2n) is 8.25. The van der Waals surface area contributed by atoms with Gasteiger partial charge in [0.1, 0.15) is 23.7 Å². The second-order valence-corrected chi connectivity index (χ2v) is 8.25. The second kappa shape index (κ2) is 7.06. The maximum Gasteiger partial charge on any atom is 0.254 e. The van der Waals surface area contributed by atoms with E-state index in [2.05, 4.69) is 15.1 Å². The molecule has 0 aliphatic carbocycles. The number of ether oxygens (including phenoxy) is 1. The third-order valence-electron chi connectivity index (χ3n) is 6.22. The molecule has 164 valence electrons.